The van der Waals surface area contributed by atoms with E-state index in [1.807, 2.05) is 26.0 Å². The Morgan fingerprint density at radius 2 is 2.05 bits per heavy atom. The second-order valence-electron chi connectivity index (χ2n) is 5.46. The summed E-state index contributed by atoms with van der Waals surface area (Å²) in [6.07, 6.45) is 0.650. The molecule has 5 nitrogen and oxygen atoms in total. The third kappa shape index (κ3) is 2.46. The van der Waals surface area contributed by atoms with Crippen molar-refractivity contribution in [2.45, 2.75) is 33.8 Å². The van der Waals surface area contributed by atoms with Gasteiger partial charge in [0.15, 0.2) is 0 Å². The highest BCUT2D eigenvalue weighted by atomic mass is 16.5. The number of nitrogens with zero attached hydrogens (tertiary/aromatic N) is 2. The number of ether oxygens (including phenoxy) is 1. The van der Waals surface area contributed by atoms with Crippen molar-refractivity contribution >= 4 is 21.9 Å². The summed E-state index contributed by atoms with van der Waals surface area (Å²) in [6.45, 7) is 7.30. The van der Waals surface area contributed by atoms with Gasteiger partial charge in [0.05, 0.1) is 16.7 Å². The number of aliphatic hydroxyl groups excluding tert-OH is 1. The fraction of sp³-hybridized carbons (Fsp3) is 0.412. The molecule has 0 radical (unpaired) electrons. The second kappa shape index (κ2) is 6.02. The van der Waals surface area contributed by atoms with Gasteiger partial charge in [-0.05, 0) is 44.4 Å². The first-order valence-corrected chi connectivity index (χ1v) is 7.61. The fourth-order valence-electron chi connectivity index (χ4n) is 2.91. The van der Waals surface area contributed by atoms with Crippen LogP contribution in [0.3, 0.4) is 0 Å². The number of nitrogens with one attached hydrogen (secondary N) is 1. The monoisotopic (exact) mass is 299 g/mol. The lowest BCUT2D eigenvalue weighted by molar-refractivity contribution is 0.129. The van der Waals surface area contributed by atoms with Gasteiger partial charge >= 0.3 is 0 Å². The van der Waals surface area contributed by atoms with Gasteiger partial charge in [0.25, 0.3) is 0 Å². The van der Waals surface area contributed by atoms with E-state index >= 15 is 0 Å². The smallest absolute Gasteiger partial charge is 0.133 e. The van der Waals surface area contributed by atoms with E-state index in [1.54, 1.807) is 0 Å². The summed E-state index contributed by atoms with van der Waals surface area (Å²) in [7, 11) is 0. The molecule has 22 heavy (non-hydrogen) atoms. The zero-order valence-corrected chi connectivity index (χ0v) is 13.2. The minimum absolute atomic E-state index is 0.146. The summed E-state index contributed by atoms with van der Waals surface area (Å²) in [5.74, 6) is 0.821. The number of hydrogen-bond donors (Lipinski definition) is 2. The third-order valence-electron chi connectivity index (χ3n) is 4.01. The number of H-pyrrole nitrogens is 1. The number of fused-ring (bicyclic) bond motifs is 3. The standard InChI is InChI=1S/C17H21N3O2/c1-4-22-9-14-19-16-11(3)18-13-6-5-12(7-8-21)10(2)15(13)17(16)20-14/h5-6,21H,4,7-9H2,1-3H3,(H,19,20). The van der Waals surface area contributed by atoms with E-state index in [-0.39, 0.29) is 6.61 Å². The molecule has 0 aliphatic heterocycles. The largest absolute Gasteiger partial charge is 0.396 e. The Kier molecular flexibility index (Phi) is 4.09. The number of benzene rings is 1. The summed E-state index contributed by atoms with van der Waals surface area (Å²) >= 11 is 0. The second-order valence-corrected chi connectivity index (χ2v) is 5.46. The Morgan fingerprint density at radius 3 is 2.77 bits per heavy atom. The molecule has 2 aromatic heterocycles. The number of aromatic amines is 1. The summed E-state index contributed by atoms with van der Waals surface area (Å²) in [4.78, 5) is 12.7. The SMILES string of the molecule is CCOCc1nc2c(C)nc3ccc(CCO)c(C)c3c2[nH]1. The first-order valence-electron chi connectivity index (χ1n) is 7.61. The molecule has 0 atom stereocenters. The van der Waals surface area contributed by atoms with Crippen LogP contribution in [-0.2, 0) is 17.8 Å². The van der Waals surface area contributed by atoms with Crippen molar-refractivity contribution in [3.05, 3.63) is 34.8 Å². The van der Waals surface area contributed by atoms with Crippen LogP contribution in [0.4, 0.5) is 0 Å². The van der Waals surface area contributed by atoms with Gasteiger partial charge in [-0.2, -0.15) is 0 Å². The molecular formula is C17H21N3O2. The van der Waals surface area contributed by atoms with Crippen LogP contribution in [-0.4, -0.2) is 33.3 Å². The highest BCUT2D eigenvalue weighted by Gasteiger charge is 2.14. The minimum Gasteiger partial charge on any atom is -0.396 e. The molecule has 0 saturated heterocycles. The molecule has 1 aromatic carbocycles. The maximum atomic E-state index is 9.22. The van der Waals surface area contributed by atoms with Crippen molar-refractivity contribution in [2.24, 2.45) is 0 Å². The van der Waals surface area contributed by atoms with Gasteiger partial charge in [-0.3, -0.25) is 4.98 Å². The number of aromatic nitrogens is 3. The first-order chi connectivity index (χ1) is 10.7. The molecule has 2 heterocycles. The van der Waals surface area contributed by atoms with Crippen molar-refractivity contribution in [2.75, 3.05) is 13.2 Å². The van der Waals surface area contributed by atoms with Crippen molar-refractivity contribution in [1.29, 1.82) is 0 Å². The maximum absolute atomic E-state index is 9.22. The van der Waals surface area contributed by atoms with Crippen molar-refractivity contribution in [3.8, 4) is 0 Å². The topological polar surface area (TPSA) is 71.0 Å². The number of rotatable bonds is 5. The molecule has 0 unspecified atom stereocenters. The van der Waals surface area contributed by atoms with E-state index in [1.165, 1.54) is 0 Å². The quantitative estimate of drug-likeness (QED) is 0.760. The number of aliphatic hydroxyl groups is 1. The van der Waals surface area contributed by atoms with Gasteiger partial charge < -0.3 is 14.8 Å². The average Bonchev–Trinajstić information content (AvgIpc) is 2.93. The Morgan fingerprint density at radius 1 is 1.23 bits per heavy atom. The van der Waals surface area contributed by atoms with Gasteiger partial charge in [0.2, 0.25) is 0 Å². The van der Waals surface area contributed by atoms with Gasteiger partial charge in [0.1, 0.15) is 17.9 Å². The van der Waals surface area contributed by atoms with Crippen LogP contribution in [0.25, 0.3) is 21.9 Å². The van der Waals surface area contributed by atoms with E-state index in [9.17, 15) is 5.11 Å². The fourth-order valence-corrected chi connectivity index (χ4v) is 2.91. The van der Waals surface area contributed by atoms with Crippen LogP contribution >= 0.6 is 0 Å². The number of aryl methyl sites for hydroxylation is 2. The minimum atomic E-state index is 0.146. The number of pyridine rings is 1. The van der Waals surface area contributed by atoms with E-state index in [0.717, 1.165) is 44.6 Å². The van der Waals surface area contributed by atoms with Crippen LogP contribution in [0.5, 0.6) is 0 Å². The van der Waals surface area contributed by atoms with Crippen LogP contribution in [0, 0.1) is 13.8 Å². The Balaban J connectivity index is 2.26. The zero-order valence-electron chi connectivity index (χ0n) is 13.2. The van der Waals surface area contributed by atoms with Gasteiger partial charge in [-0.1, -0.05) is 6.07 Å². The predicted octanol–water partition coefficient (Wildman–Crippen LogP) is 2.80. The normalized spacial score (nSPS) is 11.6. The lowest BCUT2D eigenvalue weighted by atomic mass is 9.99. The molecule has 0 bridgehead atoms. The summed E-state index contributed by atoms with van der Waals surface area (Å²) in [6, 6.07) is 4.06. The van der Waals surface area contributed by atoms with Crippen LogP contribution in [0.15, 0.2) is 12.1 Å². The highest BCUT2D eigenvalue weighted by Crippen LogP contribution is 2.29. The number of hydrogen-bond acceptors (Lipinski definition) is 4. The molecule has 3 rings (SSSR count). The molecule has 0 saturated carbocycles. The lowest BCUT2D eigenvalue weighted by Gasteiger charge is -2.09. The van der Waals surface area contributed by atoms with Crippen LogP contribution < -0.4 is 0 Å². The van der Waals surface area contributed by atoms with E-state index < -0.39 is 0 Å². The van der Waals surface area contributed by atoms with Crippen LogP contribution in [0.2, 0.25) is 0 Å². The molecule has 0 fully saturated rings. The van der Waals surface area contributed by atoms with Crippen molar-refractivity contribution in [3.63, 3.8) is 0 Å². The average molecular weight is 299 g/mol. The molecule has 0 aliphatic carbocycles. The van der Waals surface area contributed by atoms with Crippen molar-refractivity contribution < 1.29 is 9.84 Å². The van der Waals surface area contributed by atoms with Gasteiger partial charge in [-0.15, -0.1) is 0 Å². The summed E-state index contributed by atoms with van der Waals surface area (Å²) in [5.41, 5.74) is 6.06. The Hall–Kier alpha value is -1.98. The first kappa shape index (κ1) is 14.9. The molecule has 2 N–H and O–H groups in total. The zero-order chi connectivity index (χ0) is 15.7. The van der Waals surface area contributed by atoms with Crippen LogP contribution in [0.1, 0.15) is 29.6 Å². The molecule has 3 aromatic rings. The Labute approximate surface area is 129 Å². The van der Waals surface area contributed by atoms with Gasteiger partial charge in [-0.25, -0.2) is 4.98 Å². The summed E-state index contributed by atoms with van der Waals surface area (Å²) < 4.78 is 5.45. The van der Waals surface area contributed by atoms with E-state index in [0.29, 0.717) is 19.6 Å². The van der Waals surface area contributed by atoms with Gasteiger partial charge in [0, 0.05) is 18.6 Å². The van der Waals surface area contributed by atoms with E-state index in [2.05, 4.69) is 21.9 Å². The molecule has 5 heteroatoms. The number of imidazole rings is 1. The lowest BCUT2D eigenvalue weighted by Crippen LogP contribution is -1.97. The molecule has 0 spiro atoms. The molecular weight excluding hydrogens is 278 g/mol. The predicted molar refractivity (Wildman–Crippen MR) is 87.0 cm³/mol. The summed E-state index contributed by atoms with van der Waals surface area (Å²) in [5, 5.41) is 10.3. The van der Waals surface area contributed by atoms with Crippen molar-refractivity contribution in [1.82, 2.24) is 15.0 Å². The Bertz CT molecular complexity index is 824. The maximum Gasteiger partial charge on any atom is 0.133 e. The highest BCUT2D eigenvalue weighted by molar-refractivity contribution is 6.05. The van der Waals surface area contributed by atoms with E-state index in [4.69, 9.17) is 4.74 Å². The molecule has 116 valence electrons. The molecule has 0 amide bonds. The molecule has 0 aliphatic rings. The third-order valence-corrected chi connectivity index (χ3v) is 4.01.